The molecule has 0 aliphatic carbocycles. The Hall–Kier alpha value is -1.96. The topological polar surface area (TPSA) is 80.8 Å². The quantitative estimate of drug-likeness (QED) is 0.604. The predicted molar refractivity (Wildman–Crippen MR) is 77.8 cm³/mol. The molecule has 0 bridgehead atoms. The van der Waals surface area contributed by atoms with E-state index in [0.29, 0.717) is 11.3 Å². The van der Waals surface area contributed by atoms with E-state index in [9.17, 15) is 21.9 Å². The van der Waals surface area contributed by atoms with Gasteiger partial charge in [0.25, 0.3) is 0 Å². The second kappa shape index (κ2) is 6.43. The maximum Gasteiger partial charge on any atom is 0.338 e. The Morgan fingerprint density at radius 2 is 2.00 bits per heavy atom. The summed E-state index contributed by atoms with van der Waals surface area (Å²) in [7, 11) is -4.60. The molecule has 0 spiro atoms. The van der Waals surface area contributed by atoms with E-state index in [1.54, 1.807) is 19.1 Å². The van der Waals surface area contributed by atoms with Gasteiger partial charge in [-0.3, -0.25) is 4.79 Å². The summed E-state index contributed by atoms with van der Waals surface area (Å²) in [4.78, 5) is 24.8. The summed E-state index contributed by atoms with van der Waals surface area (Å²) in [5.41, 5.74) is 0.900. The summed E-state index contributed by atoms with van der Waals surface area (Å²) in [5.74, 6) is -1.94. The summed E-state index contributed by atoms with van der Waals surface area (Å²) in [6.45, 7) is 2.11. The number of carbonyl (C=O) groups excluding carboxylic acids is 2. The Balaban J connectivity index is 2.09. The molecule has 1 fully saturated rings. The number of amides is 1. The molecule has 1 amide bonds. The van der Waals surface area contributed by atoms with Crippen LogP contribution < -0.4 is 4.90 Å². The van der Waals surface area contributed by atoms with E-state index in [-0.39, 0.29) is 25.5 Å². The van der Waals surface area contributed by atoms with Crippen molar-refractivity contribution in [3.8, 4) is 0 Å². The summed E-state index contributed by atoms with van der Waals surface area (Å²) < 4.78 is 38.9. The third-order valence-electron chi connectivity index (χ3n) is 3.33. The largest absolute Gasteiger partial charge is 0.462 e. The van der Waals surface area contributed by atoms with Crippen molar-refractivity contribution in [3.05, 3.63) is 29.8 Å². The zero-order chi connectivity index (χ0) is 16.3. The number of esters is 1. The average molecular weight is 329 g/mol. The van der Waals surface area contributed by atoms with Crippen molar-refractivity contribution in [2.75, 3.05) is 23.8 Å². The van der Waals surface area contributed by atoms with Crippen molar-refractivity contribution in [3.63, 3.8) is 0 Å². The fraction of sp³-hybridized carbons (Fsp3) is 0.429. The van der Waals surface area contributed by atoms with Gasteiger partial charge in [0.15, 0.2) is 0 Å². The minimum atomic E-state index is -4.60. The van der Waals surface area contributed by atoms with Crippen LogP contribution in [0.1, 0.15) is 23.7 Å². The number of ether oxygens (including phenoxy) is 1. The van der Waals surface area contributed by atoms with Crippen LogP contribution in [0.4, 0.5) is 9.57 Å². The van der Waals surface area contributed by atoms with E-state index in [1.807, 2.05) is 0 Å². The molecule has 6 nitrogen and oxygen atoms in total. The third kappa shape index (κ3) is 4.03. The molecule has 120 valence electrons. The van der Waals surface area contributed by atoms with Crippen LogP contribution in [0.2, 0.25) is 0 Å². The average Bonchev–Trinajstić information content (AvgIpc) is 2.77. The van der Waals surface area contributed by atoms with Crippen molar-refractivity contribution < 1.29 is 26.6 Å². The molecule has 0 N–H and O–H groups in total. The number of benzene rings is 1. The first-order valence-corrected chi connectivity index (χ1v) is 8.35. The van der Waals surface area contributed by atoms with E-state index in [1.165, 1.54) is 17.0 Å². The number of hydrogen-bond donors (Lipinski definition) is 0. The normalized spacial score (nSPS) is 18.5. The van der Waals surface area contributed by atoms with Crippen molar-refractivity contribution >= 4 is 27.8 Å². The lowest BCUT2D eigenvalue weighted by Gasteiger charge is -2.16. The van der Waals surface area contributed by atoms with Gasteiger partial charge in [-0.1, -0.05) is 0 Å². The molecule has 1 saturated heterocycles. The van der Waals surface area contributed by atoms with Crippen LogP contribution in [0.25, 0.3) is 0 Å². The Morgan fingerprint density at radius 3 is 2.55 bits per heavy atom. The zero-order valence-corrected chi connectivity index (χ0v) is 12.8. The van der Waals surface area contributed by atoms with Gasteiger partial charge in [0, 0.05) is 24.6 Å². The zero-order valence-electron chi connectivity index (χ0n) is 12.0. The molecule has 0 saturated carbocycles. The van der Waals surface area contributed by atoms with E-state index in [2.05, 4.69) is 0 Å². The lowest BCUT2D eigenvalue weighted by Crippen LogP contribution is -2.25. The van der Waals surface area contributed by atoms with E-state index < -0.39 is 27.9 Å². The highest BCUT2D eigenvalue weighted by atomic mass is 32.3. The summed E-state index contributed by atoms with van der Waals surface area (Å²) in [6, 6.07) is 6.21. The van der Waals surface area contributed by atoms with Crippen molar-refractivity contribution in [1.82, 2.24) is 0 Å². The van der Waals surface area contributed by atoms with Crippen LogP contribution in [0.15, 0.2) is 24.3 Å². The molecule has 0 radical (unpaired) electrons. The standard InChI is InChI=1S/C14H16FNO5S/c1-2-21-14(18)11-3-5-12(6-4-11)16-8-10(7-13(16)17)9-22(15,19)20/h3-6,10H,2,7-9H2,1H3. The van der Waals surface area contributed by atoms with Gasteiger partial charge < -0.3 is 9.64 Å². The molecule has 8 heteroatoms. The minimum absolute atomic E-state index is 0.0111. The summed E-state index contributed by atoms with van der Waals surface area (Å²) in [5, 5.41) is 0. The van der Waals surface area contributed by atoms with Crippen molar-refractivity contribution in [2.45, 2.75) is 13.3 Å². The van der Waals surface area contributed by atoms with Crippen molar-refractivity contribution in [1.29, 1.82) is 0 Å². The van der Waals surface area contributed by atoms with Crippen molar-refractivity contribution in [2.24, 2.45) is 5.92 Å². The van der Waals surface area contributed by atoms with E-state index in [4.69, 9.17) is 4.74 Å². The number of anilines is 1. The van der Waals surface area contributed by atoms with Gasteiger partial charge in [0.2, 0.25) is 5.91 Å². The second-order valence-corrected chi connectivity index (χ2v) is 6.46. The Labute approximate surface area is 128 Å². The number of hydrogen-bond acceptors (Lipinski definition) is 5. The maximum atomic E-state index is 12.7. The van der Waals surface area contributed by atoms with Crippen LogP contribution in [0, 0.1) is 5.92 Å². The molecule has 1 atom stereocenters. The highest BCUT2D eigenvalue weighted by Crippen LogP contribution is 2.26. The number of rotatable bonds is 5. The fourth-order valence-corrected chi connectivity index (χ4v) is 3.20. The van der Waals surface area contributed by atoms with Gasteiger partial charge in [-0.15, -0.1) is 3.89 Å². The summed E-state index contributed by atoms with van der Waals surface area (Å²) >= 11 is 0. The molecule has 1 aromatic carbocycles. The molecule has 1 heterocycles. The van der Waals surface area contributed by atoms with Gasteiger partial charge in [-0.25, -0.2) is 4.79 Å². The molecular formula is C14H16FNO5S. The monoisotopic (exact) mass is 329 g/mol. The van der Waals surface area contributed by atoms with Gasteiger partial charge in [0.05, 0.1) is 17.9 Å². The van der Waals surface area contributed by atoms with Crippen LogP contribution in [0.5, 0.6) is 0 Å². The molecule has 2 rings (SSSR count). The van der Waals surface area contributed by atoms with Gasteiger partial charge in [0.1, 0.15) is 0 Å². The van der Waals surface area contributed by atoms with Gasteiger partial charge in [-0.05, 0) is 31.2 Å². The van der Waals surface area contributed by atoms with E-state index >= 15 is 0 Å². The Morgan fingerprint density at radius 1 is 1.36 bits per heavy atom. The molecule has 0 aromatic heterocycles. The first-order chi connectivity index (χ1) is 10.3. The second-order valence-electron chi connectivity index (χ2n) is 5.05. The first kappa shape index (κ1) is 16.4. The summed E-state index contributed by atoms with van der Waals surface area (Å²) in [6.07, 6.45) is -0.0111. The molecule has 1 aliphatic rings. The lowest BCUT2D eigenvalue weighted by molar-refractivity contribution is -0.117. The van der Waals surface area contributed by atoms with E-state index in [0.717, 1.165) is 0 Å². The highest BCUT2D eigenvalue weighted by molar-refractivity contribution is 7.86. The fourth-order valence-electron chi connectivity index (χ4n) is 2.42. The van der Waals surface area contributed by atoms with Crippen LogP contribution in [0.3, 0.4) is 0 Å². The number of halogens is 1. The third-order valence-corrected chi connectivity index (χ3v) is 4.20. The molecule has 22 heavy (non-hydrogen) atoms. The SMILES string of the molecule is CCOC(=O)c1ccc(N2CC(CS(=O)(=O)F)CC2=O)cc1. The van der Waals surface area contributed by atoms with Crippen LogP contribution >= 0.6 is 0 Å². The molecular weight excluding hydrogens is 313 g/mol. The Bertz CT molecular complexity index is 671. The number of nitrogens with zero attached hydrogens (tertiary/aromatic N) is 1. The van der Waals surface area contributed by atoms with Gasteiger partial charge >= 0.3 is 16.2 Å². The number of carbonyl (C=O) groups is 2. The first-order valence-electron chi connectivity index (χ1n) is 6.80. The minimum Gasteiger partial charge on any atom is -0.462 e. The van der Waals surface area contributed by atoms with Crippen LogP contribution in [-0.2, 0) is 19.8 Å². The lowest BCUT2D eigenvalue weighted by atomic mass is 10.1. The molecule has 1 aromatic rings. The molecule has 1 unspecified atom stereocenters. The van der Waals surface area contributed by atoms with Gasteiger partial charge in [-0.2, -0.15) is 8.42 Å². The highest BCUT2D eigenvalue weighted by Gasteiger charge is 2.33. The smallest absolute Gasteiger partial charge is 0.338 e. The molecule has 1 aliphatic heterocycles. The maximum absolute atomic E-state index is 12.7. The Kier molecular flexibility index (Phi) is 4.80. The predicted octanol–water partition coefficient (Wildman–Crippen LogP) is 1.52. The van der Waals surface area contributed by atoms with Crippen LogP contribution in [-0.4, -0.2) is 39.2 Å².